The van der Waals surface area contributed by atoms with Crippen molar-refractivity contribution in [1.82, 2.24) is 0 Å². The number of rotatable bonds is 1. The molecule has 0 unspecified atom stereocenters. The van der Waals surface area contributed by atoms with Gasteiger partial charge in [-0.05, 0) is 56.7 Å². The highest BCUT2D eigenvalue weighted by molar-refractivity contribution is 9.10. The van der Waals surface area contributed by atoms with Crippen LogP contribution in [0.1, 0.15) is 48.5 Å². The third kappa shape index (κ3) is 2.07. The second-order valence-corrected chi connectivity index (χ2v) is 7.16. The Morgan fingerprint density at radius 3 is 2.53 bits per heavy atom. The van der Waals surface area contributed by atoms with Gasteiger partial charge in [-0.15, -0.1) is 0 Å². The summed E-state index contributed by atoms with van der Waals surface area (Å²) >= 11 is 3.46. The number of benzene rings is 1. The minimum atomic E-state index is -0.152. The smallest absolute Gasteiger partial charge is 0.169 e. The molecule has 0 heterocycles. The predicted octanol–water partition coefficient (Wildman–Crippen LogP) is 4.15. The van der Waals surface area contributed by atoms with Gasteiger partial charge in [-0.2, -0.15) is 0 Å². The van der Waals surface area contributed by atoms with E-state index < -0.39 is 0 Å². The molecule has 0 bridgehead atoms. The van der Waals surface area contributed by atoms with Crippen LogP contribution < -0.4 is 0 Å². The quantitative estimate of drug-likeness (QED) is 0.776. The molecule has 2 aliphatic rings. The summed E-state index contributed by atoms with van der Waals surface area (Å²) in [5.41, 5.74) is 1.95. The Morgan fingerprint density at radius 2 is 1.89 bits per heavy atom. The molecule has 0 amide bonds. The van der Waals surface area contributed by atoms with Crippen LogP contribution in [0.25, 0.3) is 0 Å². The zero-order valence-electron chi connectivity index (χ0n) is 11.5. The minimum absolute atomic E-state index is 0.0408. The Kier molecular flexibility index (Phi) is 3.10. The summed E-state index contributed by atoms with van der Waals surface area (Å²) in [4.78, 5) is 12.8. The molecule has 1 spiro atoms. The number of hydrogen-bond donors (Lipinski definition) is 0. The summed E-state index contributed by atoms with van der Waals surface area (Å²) in [5.74, 6) is 0.349. The van der Waals surface area contributed by atoms with Gasteiger partial charge in [0, 0.05) is 22.6 Å². The van der Waals surface area contributed by atoms with Gasteiger partial charge < -0.3 is 4.74 Å². The molecule has 3 heteroatoms. The molecule has 0 aliphatic heterocycles. The number of halogens is 1. The largest absolute Gasteiger partial charge is 0.379 e. The van der Waals surface area contributed by atoms with E-state index in [-0.39, 0.29) is 11.0 Å². The molecule has 2 aliphatic carbocycles. The Morgan fingerprint density at radius 1 is 1.21 bits per heavy atom. The van der Waals surface area contributed by atoms with Gasteiger partial charge in [0.2, 0.25) is 0 Å². The van der Waals surface area contributed by atoms with Crippen molar-refractivity contribution in [2.45, 2.75) is 44.6 Å². The van der Waals surface area contributed by atoms with Crippen molar-refractivity contribution in [3.8, 4) is 0 Å². The first kappa shape index (κ1) is 13.3. The first-order valence-corrected chi connectivity index (χ1v) is 7.66. The Labute approximate surface area is 122 Å². The number of hydrogen-bond acceptors (Lipinski definition) is 2. The normalized spacial score (nSPS) is 33.7. The van der Waals surface area contributed by atoms with Crippen molar-refractivity contribution in [3.63, 3.8) is 0 Å². The number of Topliss-reactive ketones (excluding diaryl/α,β-unsaturated/α-hetero) is 1. The molecule has 1 aromatic carbocycles. The van der Waals surface area contributed by atoms with Gasteiger partial charge in [0.05, 0.1) is 5.60 Å². The Hall–Kier alpha value is -0.670. The zero-order valence-corrected chi connectivity index (χ0v) is 13.0. The summed E-state index contributed by atoms with van der Waals surface area (Å²) in [7, 11) is 1.78. The Bertz CT molecular complexity index is 528. The molecule has 3 rings (SSSR count). The maximum Gasteiger partial charge on any atom is 0.169 e. The topological polar surface area (TPSA) is 26.3 Å². The summed E-state index contributed by atoms with van der Waals surface area (Å²) in [6.45, 7) is 2.16. The minimum Gasteiger partial charge on any atom is -0.379 e. The predicted molar refractivity (Wildman–Crippen MR) is 78.5 cm³/mol. The third-order valence-electron chi connectivity index (χ3n) is 5.08. The number of carbonyl (C=O) groups excluding carboxylic acids is 1. The highest BCUT2D eigenvalue weighted by Crippen LogP contribution is 2.50. The van der Waals surface area contributed by atoms with E-state index in [0.717, 1.165) is 42.1 Å². The highest BCUT2D eigenvalue weighted by atomic mass is 79.9. The zero-order chi connectivity index (χ0) is 13.7. The molecular formula is C16H19BrO2. The average molecular weight is 323 g/mol. The molecule has 102 valence electrons. The summed E-state index contributed by atoms with van der Waals surface area (Å²) < 4.78 is 6.59. The van der Waals surface area contributed by atoms with Gasteiger partial charge in [0.1, 0.15) is 0 Å². The second-order valence-electron chi connectivity index (χ2n) is 6.24. The monoisotopic (exact) mass is 322 g/mol. The molecule has 0 saturated heterocycles. The molecule has 1 fully saturated rings. The summed E-state index contributed by atoms with van der Waals surface area (Å²) in [6, 6.07) is 6.11. The number of fused-ring (bicyclic) bond motifs is 1. The van der Waals surface area contributed by atoms with E-state index in [9.17, 15) is 4.79 Å². The van der Waals surface area contributed by atoms with Gasteiger partial charge in [0.25, 0.3) is 0 Å². The van der Waals surface area contributed by atoms with Crippen LogP contribution in [0.3, 0.4) is 0 Å². The number of carbonyl (C=O) groups is 1. The van der Waals surface area contributed by atoms with E-state index in [0.29, 0.717) is 5.78 Å². The van der Waals surface area contributed by atoms with Crippen molar-refractivity contribution in [2.75, 3.05) is 7.11 Å². The lowest BCUT2D eigenvalue weighted by atomic mass is 9.67. The van der Waals surface area contributed by atoms with Crippen molar-refractivity contribution >= 4 is 21.7 Å². The molecule has 1 saturated carbocycles. The third-order valence-corrected chi connectivity index (χ3v) is 5.58. The molecule has 0 radical (unpaired) electrons. The van der Waals surface area contributed by atoms with Crippen LogP contribution in [0.15, 0.2) is 22.7 Å². The molecule has 0 atom stereocenters. The molecule has 0 aromatic heterocycles. The van der Waals surface area contributed by atoms with Gasteiger partial charge >= 0.3 is 0 Å². The molecule has 19 heavy (non-hydrogen) atoms. The first-order chi connectivity index (χ1) is 8.98. The fourth-order valence-corrected chi connectivity index (χ4v) is 3.87. The van der Waals surface area contributed by atoms with Crippen LogP contribution in [0.4, 0.5) is 0 Å². The Balaban J connectivity index is 1.88. The molecule has 2 nitrogen and oxygen atoms in total. The van der Waals surface area contributed by atoms with Crippen molar-refractivity contribution in [2.24, 2.45) is 5.41 Å². The van der Waals surface area contributed by atoms with Crippen LogP contribution in [0, 0.1) is 5.41 Å². The van der Waals surface area contributed by atoms with E-state index in [1.165, 1.54) is 5.56 Å². The van der Waals surface area contributed by atoms with E-state index in [1.54, 1.807) is 7.11 Å². The maximum absolute atomic E-state index is 12.8. The van der Waals surface area contributed by atoms with Crippen LogP contribution in [0.2, 0.25) is 0 Å². The number of ether oxygens (including phenoxy) is 1. The van der Waals surface area contributed by atoms with E-state index in [2.05, 4.69) is 28.9 Å². The fraction of sp³-hybridized carbons (Fsp3) is 0.562. The average Bonchev–Trinajstić information content (AvgIpc) is 2.68. The van der Waals surface area contributed by atoms with Crippen molar-refractivity contribution in [1.29, 1.82) is 0 Å². The standard InChI is InChI=1S/C16H19BrO2/c1-15(19-2)5-7-16(8-6-15)10-11-3-4-12(17)9-13(11)14(16)18/h3-4,9H,5-8,10H2,1-2H3/t15-,16-. The lowest BCUT2D eigenvalue weighted by molar-refractivity contribution is -0.0460. The van der Waals surface area contributed by atoms with Crippen LogP contribution in [-0.4, -0.2) is 18.5 Å². The number of ketones is 1. The van der Waals surface area contributed by atoms with Crippen molar-refractivity contribution < 1.29 is 9.53 Å². The molecule has 1 aromatic rings. The lowest BCUT2D eigenvalue weighted by Crippen LogP contribution is -2.41. The maximum atomic E-state index is 12.8. The summed E-state index contributed by atoms with van der Waals surface area (Å²) in [6.07, 6.45) is 4.76. The van der Waals surface area contributed by atoms with Crippen LogP contribution in [-0.2, 0) is 11.2 Å². The molecular weight excluding hydrogens is 304 g/mol. The summed E-state index contributed by atoms with van der Waals surface area (Å²) in [5, 5.41) is 0. The van der Waals surface area contributed by atoms with E-state index in [1.807, 2.05) is 12.1 Å². The van der Waals surface area contributed by atoms with Crippen LogP contribution >= 0.6 is 15.9 Å². The SMILES string of the molecule is CO[C@]1(C)CC[C@@]2(CC1)Cc1ccc(Br)cc1C2=O. The van der Waals surface area contributed by atoms with E-state index in [4.69, 9.17) is 4.74 Å². The van der Waals surface area contributed by atoms with E-state index >= 15 is 0 Å². The second kappa shape index (κ2) is 4.42. The van der Waals surface area contributed by atoms with Crippen molar-refractivity contribution in [3.05, 3.63) is 33.8 Å². The van der Waals surface area contributed by atoms with Gasteiger partial charge in [-0.3, -0.25) is 4.79 Å². The first-order valence-electron chi connectivity index (χ1n) is 6.86. The van der Waals surface area contributed by atoms with Gasteiger partial charge in [0.15, 0.2) is 5.78 Å². The van der Waals surface area contributed by atoms with Gasteiger partial charge in [-0.25, -0.2) is 0 Å². The highest BCUT2D eigenvalue weighted by Gasteiger charge is 2.49. The van der Waals surface area contributed by atoms with Crippen LogP contribution in [0.5, 0.6) is 0 Å². The van der Waals surface area contributed by atoms with Gasteiger partial charge in [-0.1, -0.05) is 22.0 Å². The lowest BCUT2D eigenvalue weighted by Gasteiger charge is -2.41. The number of methoxy groups -OCH3 is 1. The fourth-order valence-electron chi connectivity index (χ4n) is 3.51. The molecule has 0 N–H and O–H groups in total.